The van der Waals surface area contributed by atoms with Crippen LogP contribution in [0, 0.1) is 0 Å². The summed E-state index contributed by atoms with van der Waals surface area (Å²) in [6, 6.07) is 15.2. The highest BCUT2D eigenvalue weighted by Crippen LogP contribution is 2.40. The van der Waals surface area contributed by atoms with Crippen molar-refractivity contribution in [2.75, 3.05) is 23.3 Å². The first-order chi connectivity index (χ1) is 16.3. The molecule has 1 N–H and O–H groups in total. The summed E-state index contributed by atoms with van der Waals surface area (Å²) in [5.41, 5.74) is 2.44. The van der Waals surface area contributed by atoms with Crippen LogP contribution in [0.25, 0.3) is 10.8 Å². The lowest BCUT2D eigenvalue weighted by Gasteiger charge is -2.32. The van der Waals surface area contributed by atoms with Crippen molar-refractivity contribution < 1.29 is 18.0 Å². The molecule has 2 amide bonds. The fourth-order valence-electron chi connectivity index (χ4n) is 5.01. The number of piperidine rings is 1. The number of benzene rings is 3. The molecule has 0 spiro atoms. The van der Waals surface area contributed by atoms with E-state index in [1.165, 1.54) is 12.1 Å². The Morgan fingerprint density at radius 1 is 1.06 bits per heavy atom. The monoisotopic (exact) mass is 477 g/mol. The number of nitrogens with zero attached hydrogens (tertiary/aromatic N) is 2. The number of hydrogen-bond donors (Lipinski definition) is 1. The molecule has 176 valence electrons. The van der Waals surface area contributed by atoms with Gasteiger partial charge in [0, 0.05) is 46.7 Å². The maximum absolute atomic E-state index is 13.1. The van der Waals surface area contributed by atoms with Gasteiger partial charge in [0.1, 0.15) is 0 Å². The van der Waals surface area contributed by atoms with Gasteiger partial charge in [0.25, 0.3) is 11.8 Å². The molecule has 3 aromatic carbocycles. The molecular formula is C26H27N3O4S. The number of amides is 2. The Bertz CT molecular complexity index is 1400. The van der Waals surface area contributed by atoms with Crippen LogP contribution in [0.4, 0.5) is 11.4 Å². The maximum Gasteiger partial charge on any atom is 0.258 e. The Labute approximate surface area is 199 Å². The number of rotatable bonds is 5. The van der Waals surface area contributed by atoms with E-state index in [0.29, 0.717) is 29.9 Å². The first kappa shape index (κ1) is 22.6. The minimum absolute atomic E-state index is 0.0268. The molecule has 0 bridgehead atoms. The van der Waals surface area contributed by atoms with Gasteiger partial charge in [-0.1, -0.05) is 18.6 Å². The van der Waals surface area contributed by atoms with E-state index in [4.69, 9.17) is 0 Å². The third-order valence-corrected chi connectivity index (χ3v) is 8.84. The fourth-order valence-corrected chi connectivity index (χ4v) is 6.71. The van der Waals surface area contributed by atoms with Crippen LogP contribution in [-0.2, 0) is 10.0 Å². The molecule has 7 nitrogen and oxygen atoms in total. The molecule has 0 unspecified atom stereocenters. The van der Waals surface area contributed by atoms with E-state index in [9.17, 15) is 18.0 Å². The van der Waals surface area contributed by atoms with E-state index in [-0.39, 0.29) is 22.8 Å². The van der Waals surface area contributed by atoms with Crippen LogP contribution in [0.5, 0.6) is 0 Å². The number of hydrogen-bond acceptors (Lipinski definition) is 4. The highest BCUT2D eigenvalue weighted by atomic mass is 32.2. The summed E-state index contributed by atoms with van der Waals surface area (Å²) in [6.45, 7) is 4.96. The zero-order chi connectivity index (χ0) is 24.0. The molecule has 34 heavy (non-hydrogen) atoms. The number of anilines is 2. The third-order valence-electron chi connectivity index (χ3n) is 6.81. The Morgan fingerprint density at radius 2 is 1.82 bits per heavy atom. The van der Waals surface area contributed by atoms with Crippen molar-refractivity contribution >= 4 is 44.0 Å². The van der Waals surface area contributed by atoms with Crippen LogP contribution in [0.3, 0.4) is 0 Å². The van der Waals surface area contributed by atoms with E-state index in [1.807, 2.05) is 32.0 Å². The Kier molecular flexibility index (Phi) is 5.65. The van der Waals surface area contributed by atoms with Gasteiger partial charge in [0.2, 0.25) is 10.0 Å². The van der Waals surface area contributed by atoms with Gasteiger partial charge in [-0.05, 0) is 69.2 Å². The molecular weight excluding hydrogens is 450 g/mol. The lowest BCUT2D eigenvalue weighted by Crippen LogP contribution is -2.41. The quantitative estimate of drug-likeness (QED) is 0.580. The summed E-state index contributed by atoms with van der Waals surface area (Å²) in [7, 11) is -3.59. The maximum atomic E-state index is 13.1. The molecule has 0 radical (unpaired) electrons. The number of carbonyl (C=O) groups excluding carboxylic acids is 2. The second-order valence-electron chi connectivity index (χ2n) is 8.85. The molecule has 1 atom stereocenters. The molecule has 2 aliphatic rings. The molecule has 0 saturated carbocycles. The Hall–Kier alpha value is -3.23. The number of sulfonamides is 1. The average Bonchev–Trinajstić information content (AvgIpc) is 3.13. The van der Waals surface area contributed by atoms with Crippen molar-refractivity contribution in [3.63, 3.8) is 0 Å². The van der Waals surface area contributed by atoms with Gasteiger partial charge in [-0.25, -0.2) is 8.42 Å². The second-order valence-corrected chi connectivity index (χ2v) is 10.7. The van der Waals surface area contributed by atoms with Crippen molar-refractivity contribution in [2.24, 2.45) is 0 Å². The molecule has 3 aromatic rings. The summed E-state index contributed by atoms with van der Waals surface area (Å²) >= 11 is 0. The predicted molar refractivity (Wildman–Crippen MR) is 133 cm³/mol. The minimum atomic E-state index is -3.59. The molecule has 1 fully saturated rings. The summed E-state index contributed by atoms with van der Waals surface area (Å²) in [6.07, 6.45) is 2.75. The minimum Gasteiger partial charge on any atom is -0.321 e. The van der Waals surface area contributed by atoms with Crippen LogP contribution < -0.4 is 10.2 Å². The molecule has 0 aromatic heterocycles. The van der Waals surface area contributed by atoms with E-state index in [1.54, 1.807) is 33.5 Å². The molecule has 0 aliphatic carbocycles. The van der Waals surface area contributed by atoms with Crippen molar-refractivity contribution in [1.82, 2.24) is 4.31 Å². The second kappa shape index (κ2) is 8.52. The SMILES string of the molecule is CCN1C(=O)c2cccc3c(NC(=O)c4ccc(S(=O)(=O)N5CCCC[C@H]5C)cc4)ccc1c23. The smallest absolute Gasteiger partial charge is 0.258 e. The summed E-state index contributed by atoms with van der Waals surface area (Å²) < 4.78 is 27.7. The van der Waals surface area contributed by atoms with Crippen LogP contribution in [0.2, 0.25) is 0 Å². The lowest BCUT2D eigenvalue weighted by molar-refractivity contribution is 0.0992. The highest BCUT2D eigenvalue weighted by Gasteiger charge is 2.31. The third kappa shape index (κ3) is 3.58. The van der Waals surface area contributed by atoms with E-state index >= 15 is 0 Å². The number of nitrogens with one attached hydrogen (secondary N) is 1. The fraction of sp³-hybridized carbons (Fsp3) is 0.308. The van der Waals surface area contributed by atoms with Crippen molar-refractivity contribution in [3.05, 3.63) is 65.7 Å². The molecule has 5 rings (SSSR count). The van der Waals surface area contributed by atoms with E-state index in [2.05, 4.69) is 5.32 Å². The van der Waals surface area contributed by atoms with Crippen LogP contribution in [0.1, 0.15) is 53.8 Å². The first-order valence-corrected chi connectivity index (χ1v) is 13.1. The summed E-state index contributed by atoms with van der Waals surface area (Å²) in [4.78, 5) is 27.6. The van der Waals surface area contributed by atoms with Gasteiger partial charge in [-0.3, -0.25) is 9.59 Å². The average molecular weight is 478 g/mol. The number of carbonyl (C=O) groups is 2. The Balaban J connectivity index is 1.41. The van der Waals surface area contributed by atoms with Crippen LogP contribution in [0.15, 0.2) is 59.5 Å². The zero-order valence-electron chi connectivity index (χ0n) is 19.2. The van der Waals surface area contributed by atoms with Crippen LogP contribution in [-0.4, -0.2) is 43.7 Å². The summed E-state index contributed by atoms with van der Waals surface area (Å²) in [5, 5.41) is 4.57. The predicted octanol–water partition coefficient (Wildman–Crippen LogP) is 4.64. The van der Waals surface area contributed by atoms with Crippen molar-refractivity contribution in [1.29, 1.82) is 0 Å². The first-order valence-electron chi connectivity index (χ1n) is 11.6. The molecule has 2 heterocycles. The van der Waals surface area contributed by atoms with Gasteiger partial charge in [0.15, 0.2) is 0 Å². The topological polar surface area (TPSA) is 86.8 Å². The largest absolute Gasteiger partial charge is 0.321 e. The van der Waals surface area contributed by atoms with Gasteiger partial charge >= 0.3 is 0 Å². The highest BCUT2D eigenvalue weighted by molar-refractivity contribution is 7.89. The lowest BCUT2D eigenvalue weighted by atomic mass is 10.0. The van der Waals surface area contributed by atoms with Gasteiger partial charge in [-0.15, -0.1) is 0 Å². The van der Waals surface area contributed by atoms with Gasteiger partial charge < -0.3 is 10.2 Å². The van der Waals surface area contributed by atoms with E-state index in [0.717, 1.165) is 35.7 Å². The standard InChI is InChI=1S/C26H27N3O4S/c1-3-28-23-15-14-22(20-8-6-9-21(24(20)23)26(28)31)27-25(30)18-10-12-19(13-11-18)34(32,33)29-16-5-4-7-17(29)2/h6,8-15,17H,3-5,7,16H2,1-2H3,(H,27,30)/t17-/m1/s1. The molecule has 1 saturated heterocycles. The van der Waals surface area contributed by atoms with Gasteiger partial charge in [0.05, 0.1) is 10.6 Å². The van der Waals surface area contributed by atoms with Gasteiger partial charge in [-0.2, -0.15) is 4.31 Å². The van der Waals surface area contributed by atoms with E-state index < -0.39 is 10.0 Å². The zero-order valence-corrected chi connectivity index (χ0v) is 20.1. The summed E-state index contributed by atoms with van der Waals surface area (Å²) in [5.74, 6) is -0.376. The van der Waals surface area contributed by atoms with Crippen LogP contribution >= 0.6 is 0 Å². The van der Waals surface area contributed by atoms with Crippen molar-refractivity contribution in [3.8, 4) is 0 Å². The molecule has 2 aliphatic heterocycles. The van der Waals surface area contributed by atoms with Crippen molar-refractivity contribution in [2.45, 2.75) is 44.0 Å². The molecule has 8 heteroatoms. The Morgan fingerprint density at radius 3 is 2.53 bits per heavy atom. The normalized spacial score (nSPS) is 18.5.